The van der Waals surface area contributed by atoms with E-state index in [1.54, 1.807) is 13.1 Å². The molecule has 2 unspecified atom stereocenters. The molecule has 1 aliphatic rings. The molecule has 0 aliphatic heterocycles. The molecule has 1 heterocycles. The van der Waals surface area contributed by atoms with Crippen LogP contribution >= 0.6 is 0 Å². The molecule has 0 saturated heterocycles. The number of carbonyl (C=O) groups is 1. The Morgan fingerprint density at radius 1 is 1.42 bits per heavy atom. The highest BCUT2D eigenvalue weighted by atomic mass is 16.1. The topological polar surface area (TPSA) is 54.0 Å². The number of amides is 1. The van der Waals surface area contributed by atoms with Gasteiger partial charge >= 0.3 is 0 Å². The predicted octanol–water partition coefficient (Wildman–Crippen LogP) is 2.82. The van der Waals surface area contributed by atoms with Gasteiger partial charge in [0.2, 0.25) is 0 Å². The Bertz CT molecular complexity index is 433. The van der Waals surface area contributed by atoms with E-state index in [0.717, 1.165) is 24.6 Å². The lowest BCUT2D eigenvalue weighted by Crippen LogP contribution is -2.38. The number of aromatic nitrogens is 1. The molecular weight excluding hydrogens is 238 g/mol. The standard InChI is InChI=1S/C15H23N3O/c1-3-11-6-4-7-12(10-11)17-15(19)13-8-5-9-14(16-2)18-13/h5,8-9,11-12H,3-4,6-7,10H2,1-2H3,(H,16,18)(H,17,19). The Labute approximate surface area is 115 Å². The third-order valence-corrected chi connectivity index (χ3v) is 3.93. The molecule has 104 valence electrons. The molecule has 2 rings (SSSR count). The van der Waals surface area contributed by atoms with Crippen LogP contribution in [0, 0.1) is 5.92 Å². The quantitative estimate of drug-likeness (QED) is 0.876. The largest absolute Gasteiger partial charge is 0.373 e. The van der Waals surface area contributed by atoms with Crippen LogP contribution in [0.1, 0.15) is 49.5 Å². The van der Waals surface area contributed by atoms with Crippen LogP contribution in [0.5, 0.6) is 0 Å². The minimum absolute atomic E-state index is 0.0566. The number of rotatable bonds is 4. The van der Waals surface area contributed by atoms with Gasteiger partial charge in [0.15, 0.2) is 0 Å². The molecule has 1 aromatic rings. The molecule has 1 aromatic heterocycles. The lowest BCUT2D eigenvalue weighted by atomic mass is 9.84. The number of hydrogen-bond acceptors (Lipinski definition) is 3. The number of hydrogen-bond donors (Lipinski definition) is 2. The summed E-state index contributed by atoms with van der Waals surface area (Å²) in [4.78, 5) is 16.4. The summed E-state index contributed by atoms with van der Waals surface area (Å²) >= 11 is 0. The Balaban J connectivity index is 1.96. The number of nitrogens with zero attached hydrogens (tertiary/aromatic N) is 1. The van der Waals surface area contributed by atoms with Gasteiger partial charge in [-0.3, -0.25) is 4.79 Å². The van der Waals surface area contributed by atoms with Gasteiger partial charge < -0.3 is 10.6 Å². The van der Waals surface area contributed by atoms with Gasteiger partial charge in [-0.25, -0.2) is 4.98 Å². The smallest absolute Gasteiger partial charge is 0.270 e. The first-order valence-corrected chi connectivity index (χ1v) is 7.18. The predicted molar refractivity (Wildman–Crippen MR) is 77.3 cm³/mol. The van der Waals surface area contributed by atoms with Gasteiger partial charge in [-0.05, 0) is 30.9 Å². The molecule has 2 N–H and O–H groups in total. The lowest BCUT2D eigenvalue weighted by Gasteiger charge is -2.29. The highest BCUT2D eigenvalue weighted by Gasteiger charge is 2.22. The molecule has 1 aliphatic carbocycles. The fourth-order valence-electron chi connectivity index (χ4n) is 2.75. The van der Waals surface area contributed by atoms with Gasteiger partial charge in [0.25, 0.3) is 5.91 Å². The van der Waals surface area contributed by atoms with Crippen LogP contribution in [0.4, 0.5) is 5.82 Å². The molecule has 4 nitrogen and oxygen atoms in total. The zero-order chi connectivity index (χ0) is 13.7. The molecule has 19 heavy (non-hydrogen) atoms. The fourth-order valence-corrected chi connectivity index (χ4v) is 2.75. The molecule has 0 radical (unpaired) electrons. The van der Waals surface area contributed by atoms with Gasteiger partial charge in [-0.1, -0.05) is 32.3 Å². The third kappa shape index (κ3) is 3.69. The molecular formula is C15H23N3O. The van der Waals surface area contributed by atoms with Crippen molar-refractivity contribution in [1.82, 2.24) is 10.3 Å². The van der Waals surface area contributed by atoms with E-state index in [9.17, 15) is 4.79 Å². The van der Waals surface area contributed by atoms with E-state index < -0.39 is 0 Å². The Morgan fingerprint density at radius 2 is 2.26 bits per heavy atom. The molecule has 1 amide bonds. The normalized spacial score (nSPS) is 22.8. The SMILES string of the molecule is CCC1CCCC(NC(=O)c2cccc(NC)n2)C1. The van der Waals surface area contributed by atoms with Crippen LogP contribution in [0.2, 0.25) is 0 Å². The number of carbonyl (C=O) groups excluding carboxylic acids is 1. The van der Waals surface area contributed by atoms with Crippen molar-refractivity contribution in [3.8, 4) is 0 Å². The number of pyridine rings is 1. The second-order valence-electron chi connectivity index (χ2n) is 5.27. The molecule has 4 heteroatoms. The average Bonchev–Trinajstić information content (AvgIpc) is 2.47. The maximum absolute atomic E-state index is 12.2. The molecule has 1 fully saturated rings. The fraction of sp³-hybridized carbons (Fsp3) is 0.600. The van der Waals surface area contributed by atoms with Crippen molar-refractivity contribution in [2.24, 2.45) is 5.92 Å². The molecule has 1 saturated carbocycles. The van der Waals surface area contributed by atoms with Crippen LogP contribution < -0.4 is 10.6 Å². The number of nitrogens with one attached hydrogen (secondary N) is 2. The summed E-state index contributed by atoms with van der Waals surface area (Å²) in [5, 5.41) is 6.07. The maximum atomic E-state index is 12.2. The zero-order valence-electron chi connectivity index (χ0n) is 11.8. The lowest BCUT2D eigenvalue weighted by molar-refractivity contribution is 0.0914. The van der Waals surface area contributed by atoms with Crippen molar-refractivity contribution in [2.45, 2.75) is 45.1 Å². The Kier molecular flexibility index (Phi) is 4.77. The zero-order valence-corrected chi connectivity index (χ0v) is 11.8. The first-order valence-electron chi connectivity index (χ1n) is 7.18. The van der Waals surface area contributed by atoms with Gasteiger partial charge in [0, 0.05) is 13.1 Å². The van der Waals surface area contributed by atoms with E-state index in [4.69, 9.17) is 0 Å². The van der Waals surface area contributed by atoms with E-state index >= 15 is 0 Å². The van der Waals surface area contributed by atoms with Crippen LogP contribution in [0.15, 0.2) is 18.2 Å². The highest BCUT2D eigenvalue weighted by molar-refractivity contribution is 5.92. The summed E-state index contributed by atoms with van der Waals surface area (Å²) in [5.74, 6) is 1.43. The molecule has 0 bridgehead atoms. The molecule has 2 atom stereocenters. The van der Waals surface area contributed by atoms with Crippen molar-refractivity contribution in [3.63, 3.8) is 0 Å². The first-order chi connectivity index (χ1) is 9.22. The summed E-state index contributed by atoms with van der Waals surface area (Å²) in [6.45, 7) is 2.23. The minimum Gasteiger partial charge on any atom is -0.373 e. The van der Waals surface area contributed by atoms with E-state index in [-0.39, 0.29) is 5.91 Å². The summed E-state index contributed by atoms with van der Waals surface area (Å²) in [6, 6.07) is 5.77. The number of anilines is 1. The van der Waals surface area contributed by atoms with Crippen LogP contribution in [-0.2, 0) is 0 Å². The second kappa shape index (κ2) is 6.55. The van der Waals surface area contributed by atoms with Crippen LogP contribution in [0.3, 0.4) is 0 Å². The summed E-state index contributed by atoms with van der Waals surface area (Å²) in [6.07, 6.45) is 5.92. The van der Waals surface area contributed by atoms with Crippen LogP contribution in [-0.4, -0.2) is 24.0 Å². The maximum Gasteiger partial charge on any atom is 0.270 e. The van der Waals surface area contributed by atoms with Crippen molar-refractivity contribution in [3.05, 3.63) is 23.9 Å². The van der Waals surface area contributed by atoms with Gasteiger partial charge in [0.1, 0.15) is 11.5 Å². The Morgan fingerprint density at radius 3 is 3.00 bits per heavy atom. The van der Waals surface area contributed by atoms with Crippen molar-refractivity contribution >= 4 is 11.7 Å². The van der Waals surface area contributed by atoms with E-state index in [2.05, 4.69) is 22.5 Å². The highest BCUT2D eigenvalue weighted by Crippen LogP contribution is 2.26. The summed E-state index contributed by atoms with van der Waals surface area (Å²) < 4.78 is 0. The summed E-state index contributed by atoms with van der Waals surface area (Å²) in [7, 11) is 1.80. The van der Waals surface area contributed by atoms with E-state index in [0.29, 0.717) is 11.7 Å². The van der Waals surface area contributed by atoms with Gasteiger partial charge in [0.05, 0.1) is 0 Å². The average molecular weight is 261 g/mol. The van der Waals surface area contributed by atoms with E-state index in [1.807, 2.05) is 12.1 Å². The minimum atomic E-state index is -0.0566. The van der Waals surface area contributed by atoms with Crippen molar-refractivity contribution < 1.29 is 4.79 Å². The molecule has 0 aromatic carbocycles. The van der Waals surface area contributed by atoms with Crippen molar-refractivity contribution in [1.29, 1.82) is 0 Å². The van der Waals surface area contributed by atoms with Gasteiger partial charge in [-0.2, -0.15) is 0 Å². The molecule has 0 spiro atoms. The third-order valence-electron chi connectivity index (χ3n) is 3.93. The van der Waals surface area contributed by atoms with Crippen molar-refractivity contribution in [2.75, 3.05) is 12.4 Å². The van der Waals surface area contributed by atoms with Gasteiger partial charge in [-0.15, -0.1) is 0 Å². The summed E-state index contributed by atoms with van der Waals surface area (Å²) in [5.41, 5.74) is 0.491. The van der Waals surface area contributed by atoms with E-state index in [1.165, 1.54) is 19.3 Å². The second-order valence-corrected chi connectivity index (χ2v) is 5.27. The first kappa shape index (κ1) is 13.8. The Hall–Kier alpha value is -1.58. The monoisotopic (exact) mass is 261 g/mol. The van der Waals surface area contributed by atoms with Crippen LogP contribution in [0.25, 0.3) is 0 Å².